The highest BCUT2D eigenvalue weighted by atomic mass is 31.3. The van der Waals surface area contributed by atoms with Crippen LogP contribution in [-0.2, 0) is 32.0 Å². The van der Waals surface area contributed by atoms with E-state index in [0.29, 0.717) is 0 Å². The van der Waals surface area contributed by atoms with E-state index in [2.05, 4.69) is 28.3 Å². The summed E-state index contributed by atoms with van der Waals surface area (Å²) in [4.78, 5) is 45.3. The molecule has 240 valence electrons. The number of ether oxygens (including phenoxy) is 2. The van der Waals surface area contributed by atoms with E-state index in [1.54, 1.807) is 0 Å². The van der Waals surface area contributed by atoms with E-state index in [1.165, 1.54) is 29.2 Å². The van der Waals surface area contributed by atoms with Gasteiger partial charge in [-0.1, -0.05) is 0 Å². The van der Waals surface area contributed by atoms with Gasteiger partial charge in [-0.05, 0) is 6.07 Å². The van der Waals surface area contributed by atoms with Crippen molar-refractivity contribution >= 4 is 38.6 Å². The summed E-state index contributed by atoms with van der Waals surface area (Å²) in [5.41, 5.74) is 5.91. The van der Waals surface area contributed by atoms with Crippen molar-refractivity contribution in [1.82, 2.24) is 19.5 Å². The molecule has 2 saturated heterocycles. The van der Waals surface area contributed by atoms with Crippen LogP contribution in [0.3, 0.4) is 0 Å². The second-order valence-electron chi connectivity index (χ2n) is 9.61. The number of anilines is 1. The molecule has 0 bridgehead atoms. The van der Waals surface area contributed by atoms with Gasteiger partial charge >= 0.3 is 13.8 Å². The number of aliphatic hydroxyl groups is 4. The molecule has 3 aromatic rings. The first-order valence-electron chi connectivity index (χ1n) is 12.5. The molecule has 0 spiro atoms. The van der Waals surface area contributed by atoms with Crippen molar-refractivity contribution in [2.45, 2.75) is 49.1 Å². The van der Waals surface area contributed by atoms with Crippen molar-refractivity contribution in [2.24, 2.45) is 0 Å². The van der Waals surface area contributed by atoms with Gasteiger partial charge in [-0.2, -0.15) is 4.57 Å². The topological polar surface area (TPSA) is 315 Å². The molecular weight excluding hydrogens is 638 g/mol. The van der Waals surface area contributed by atoms with E-state index < -0.39 is 83.9 Å². The molecule has 2 aliphatic heterocycles. The number of carboxylic acid groups (broad SMARTS) is 1. The minimum absolute atomic E-state index is 0.0405. The van der Waals surface area contributed by atoms with Crippen LogP contribution < -0.4 is 15.2 Å². The Balaban J connectivity index is 1.16. The number of phosphoric acid groups is 2. The van der Waals surface area contributed by atoms with Crippen LogP contribution in [0, 0.1) is 0 Å². The molecule has 10 atom stereocenters. The molecule has 0 aromatic carbocycles. The molecule has 4 unspecified atom stereocenters. The van der Waals surface area contributed by atoms with Crippen LogP contribution in [0.5, 0.6) is 0 Å². The number of carbonyl (C=O) groups is 1. The van der Waals surface area contributed by atoms with Gasteiger partial charge in [-0.15, -0.1) is 0 Å². The van der Waals surface area contributed by atoms with E-state index in [0.717, 1.165) is 17.1 Å². The zero-order chi connectivity index (χ0) is 32.0. The molecule has 0 amide bonds. The van der Waals surface area contributed by atoms with Gasteiger partial charge in [-0.25, -0.2) is 28.6 Å². The van der Waals surface area contributed by atoms with Crippen molar-refractivity contribution in [3.05, 3.63) is 42.7 Å². The number of phosphoric ester groups is 2. The van der Waals surface area contributed by atoms with Gasteiger partial charge in [0.05, 0.1) is 19.5 Å². The van der Waals surface area contributed by atoms with Crippen LogP contribution in [-0.4, -0.2) is 106 Å². The number of aromatic carboxylic acids is 1. The lowest BCUT2D eigenvalue weighted by molar-refractivity contribution is -0.765. The quantitative estimate of drug-likeness (QED) is 0.0790. The maximum absolute atomic E-state index is 12.4. The summed E-state index contributed by atoms with van der Waals surface area (Å²) in [5.74, 6) is -1.23. The number of pyridine rings is 1. The molecule has 2 fully saturated rings. The van der Waals surface area contributed by atoms with Gasteiger partial charge in [0.2, 0.25) is 0 Å². The second-order valence-corrected chi connectivity index (χ2v) is 12.6. The number of aromatic nitrogens is 5. The van der Waals surface area contributed by atoms with E-state index in [9.17, 15) is 44.1 Å². The number of nitrogens with two attached hydrogens (primary N) is 1. The molecule has 3 aromatic heterocycles. The largest absolute Gasteiger partial charge is 0.756 e. The van der Waals surface area contributed by atoms with Crippen molar-refractivity contribution in [2.75, 3.05) is 18.9 Å². The van der Waals surface area contributed by atoms with Gasteiger partial charge in [0, 0.05) is 6.07 Å². The van der Waals surface area contributed by atoms with Crippen molar-refractivity contribution in [3.63, 3.8) is 0 Å². The van der Waals surface area contributed by atoms with Crippen LogP contribution >= 0.6 is 15.6 Å². The molecular formula is C21H26N6O15P2. The molecule has 0 radical (unpaired) electrons. The van der Waals surface area contributed by atoms with Crippen LogP contribution in [0.4, 0.5) is 5.82 Å². The van der Waals surface area contributed by atoms with E-state index in [4.69, 9.17) is 20.3 Å². The first-order chi connectivity index (χ1) is 20.7. The van der Waals surface area contributed by atoms with E-state index in [-0.39, 0.29) is 22.5 Å². The highest BCUT2D eigenvalue weighted by Gasteiger charge is 2.49. The number of carboxylic acids is 1. The van der Waals surface area contributed by atoms with E-state index >= 15 is 0 Å². The average molecular weight is 664 g/mol. The fourth-order valence-electron chi connectivity index (χ4n) is 4.55. The van der Waals surface area contributed by atoms with Crippen molar-refractivity contribution in [3.8, 4) is 0 Å². The number of hydrogen-bond donors (Lipinski definition) is 7. The standard InChI is InChI=1S/C21H26N6O15P2/c22-17-12-18(24-7-23-17)27(8-25-12)20-16(31)14(29)11(41-20)6-39-44(36,37)42-43(34,35)38-5-10-13(28)15(30)19(40-10)26-3-1-2-9(4-26)21(32)33/h1-4,7-8,10-11,13-16,19-20,28-31H,5-6H2,(H4-,22,23,24,32,33,34,35,36,37)/t10-,11+,13?,14-,15+,16?,19-,20+/m1/s1. The van der Waals surface area contributed by atoms with Gasteiger partial charge in [-0.3, -0.25) is 13.7 Å². The molecule has 5 heterocycles. The highest BCUT2D eigenvalue weighted by molar-refractivity contribution is 7.60. The summed E-state index contributed by atoms with van der Waals surface area (Å²) in [5, 5.41) is 50.6. The summed E-state index contributed by atoms with van der Waals surface area (Å²) in [6, 6.07) is 2.61. The normalized spacial score (nSPS) is 31.6. The lowest BCUT2D eigenvalue weighted by Gasteiger charge is -2.26. The fourth-order valence-corrected chi connectivity index (χ4v) is 6.60. The number of rotatable bonds is 11. The van der Waals surface area contributed by atoms with Gasteiger partial charge in [0.1, 0.15) is 47.9 Å². The molecule has 21 nitrogen and oxygen atoms in total. The van der Waals surface area contributed by atoms with Crippen LogP contribution in [0.25, 0.3) is 11.2 Å². The Morgan fingerprint density at radius 1 is 1.05 bits per heavy atom. The number of aliphatic hydroxyl groups excluding tert-OH is 4. The predicted molar refractivity (Wildman–Crippen MR) is 136 cm³/mol. The Labute approximate surface area is 245 Å². The summed E-state index contributed by atoms with van der Waals surface area (Å²) in [6.07, 6.45) is -7.43. The fraction of sp³-hybridized carbons (Fsp3) is 0.476. The van der Waals surface area contributed by atoms with Crippen molar-refractivity contribution < 1.29 is 76.6 Å². The lowest BCUT2D eigenvalue weighted by Crippen LogP contribution is -2.46. The molecule has 8 N–H and O–H groups in total. The molecule has 23 heteroatoms. The summed E-state index contributed by atoms with van der Waals surface area (Å²) in [6.45, 7) is -1.92. The summed E-state index contributed by atoms with van der Waals surface area (Å²) in [7, 11) is -11.1. The second kappa shape index (κ2) is 12.4. The molecule has 5 rings (SSSR count). The summed E-state index contributed by atoms with van der Waals surface area (Å²) >= 11 is 0. The number of nitrogens with zero attached hydrogens (tertiary/aromatic N) is 5. The molecule has 2 aliphatic rings. The third-order valence-electron chi connectivity index (χ3n) is 6.70. The third-order valence-corrected chi connectivity index (χ3v) is 9.27. The van der Waals surface area contributed by atoms with Crippen molar-refractivity contribution in [1.29, 1.82) is 0 Å². The van der Waals surface area contributed by atoms with Crippen LogP contribution in [0.1, 0.15) is 22.8 Å². The Kier molecular flexibility index (Phi) is 9.13. The molecule has 0 saturated carbocycles. The van der Waals surface area contributed by atoms with Crippen LogP contribution in [0.2, 0.25) is 0 Å². The number of fused-ring (bicyclic) bond motifs is 1. The zero-order valence-electron chi connectivity index (χ0n) is 22.1. The maximum Gasteiger partial charge on any atom is 0.478 e. The van der Waals surface area contributed by atoms with Crippen LogP contribution in [0.15, 0.2) is 37.2 Å². The third kappa shape index (κ3) is 6.65. The van der Waals surface area contributed by atoms with Gasteiger partial charge in [0.15, 0.2) is 36.2 Å². The number of nitrogen functional groups attached to an aromatic ring is 1. The minimum Gasteiger partial charge on any atom is -0.756 e. The Morgan fingerprint density at radius 3 is 2.45 bits per heavy atom. The van der Waals surface area contributed by atoms with Gasteiger partial charge in [0.25, 0.3) is 14.1 Å². The number of hydrogen-bond acceptors (Lipinski definition) is 17. The first kappa shape index (κ1) is 32.4. The monoisotopic (exact) mass is 664 g/mol. The average Bonchev–Trinajstić information content (AvgIpc) is 3.61. The molecule has 44 heavy (non-hydrogen) atoms. The Morgan fingerprint density at radius 2 is 1.73 bits per heavy atom. The lowest BCUT2D eigenvalue weighted by atomic mass is 10.1. The Hall–Kier alpha value is -3.01. The summed E-state index contributed by atoms with van der Waals surface area (Å²) < 4.78 is 51.3. The Bertz CT molecular complexity index is 1630. The smallest absolute Gasteiger partial charge is 0.478 e. The number of imidazole rings is 1. The minimum atomic E-state index is -5.63. The van der Waals surface area contributed by atoms with Gasteiger partial charge < -0.3 is 55.1 Å². The predicted octanol–water partition coefficient (Wildman–Crippen LogP) is -3.05. The maximum atomic E-state index is 12.4. The first-order valence-corrected chi connectivity index (χ1v) is 15.5. The molecule has 0 aliphatic carbocycles. The van der Waals surface area contributed by atoms with E-state index in [1.807, 2.05) is 0 Å². The SMILES string of the molecule is Nc1ncnc2c1ncn2[C@H]1O[C@@H](COP(=O)(O)OP(=O)([O-])OC[C@H]2O[C@@H]([n+]3cccc(C(=O)O)c3)[C@@H](O)C2O)[C@@H](O)C1O. The zero-order valence-corrected chi connectivity index (χ0v) is 23.9. The highest BCUT2D eigenvalue weighted by Crippen LogP contribution is 2.58.